The maximum atomic E-state index is 12.5. The molecule has 0 spiro atoms. The number of unbranched alkanes of at least 4 members (excludes halogenated alkanes) is 51. The Morgan fingerprint density at radius 2 is 0.641 bits per heavy atom. The number of aliphatic hydroxyl groups is 2. The largest absolute Gasteiger partial charge is 0.466 e. The van der Waals surface area contributed by atoms with E-state index in [0.29, 0.717) is 19.4 Å². The van der Waals surface area contributed by atoms with Gasteiger partial charge in [0, 0.05) is 12.8 Å². The number of carbonyl (C=O) groups excluding carboxylic acids is 2. The highest BCUT2D eigenvalue weighted by atomic mass is 16.5. The van der Waals surface area contributed by atoms with Crippen LogP contribution in [0.25, 0.3) is 0 Å². The number of rotatable bonds is 66. The molecule has 0 heterocycles. The first kappa shape index (κ1) is 76.1. The van der Waals surface area contributed by atoms with Crippen molar-refractivity contribution in [1.82, 2.24) is 5.32 Å². The summed E-state index contributed by atoms with van der Waals surface area (Å²) in [5.74, 6) is -0.0477. The van der Waals surface area contributed by atoms with Gasteiger partial charge in [0.05, 0.1) is 25.4 Å². The fraction of sp³-hybridized carbons (Fsp3) is 0.889. The van der Waals surface area contributed by atoms with Gasteiger partial charge in [0.1, 0.15) is 0 Å². The third kappa shape index (κ3) is 63.3. The third-order valence-corrected chi connectivity index (χ3v) is 16.4. The molecule has 2 unspecified atom stereocenters. The van der Waals surface area contributed by atoms with Crippen LogP contribution in [-0.4, -0.2) is 47.4 Å². The Balaban J connectivity index is 3.37. The summed E-state index contributed by atoms with van der Waals surface area (Å²) in [4.78, 5) is 24.5. The van der Waals surface area contributed by atoms with Crippen LogP contribution in [0.5, 0.6) is 0 Å². The second-order valence-electron chi connectivity index (χ2n) is 24.2. The molecule has 0 bridgehead atoms. The maximum Gasteiger partial charge on any atom is 0.305 e. The molecule has 0 fully saturated rings. The summed E-state index contributed by atoms with van der Waals surface area (Å²) in [6.45, 7) is 4.92. The Labute approximate surface area is 487 Å². The van der Waals surface area contributed by atoms with Crippen LogP contribution in [0.1, 0.15) is 386 Å². The summed E-state index contributed by atoms with van der Waals surface area (Å²) in [5.41, 5.74) is 0. The van der Waals surface area contributed by atoms with Crippen LogP contribution in [0.3, 0.4) is 0 Å². The lowest BCUT2D eigenvalue weighted by Crippen LogP contribution is -2.45. The minimum absolute atomic E-state index is 0.0177. The van der Waals surface area contributed by atoms with E-state index in [-0.39, 0.29) is 18.5 Å². The lowest BCUT2D eigenvalue weighted by atomic mass is 10.0. The molecule has 0 aliphatic rings. The van der Waals surface area contributed by atoms with Crippen LogP contribution in [0.2, 0.25) is 0 Å². The first-order valence-electron chi connectivity index (χ1n) is 35.3. The lowest BCUT2D eigenvalue weighted by Gasteiger charge is -2.20. The second-order valence-corrected chi connectivity index (χ2v) is 24.2. The van der Waals surface area contributed by atoms with E-state index in [1.54, 1.807) is 6.08 Å². The van der Waals surface area contributed by atoms with E-state index < -0.39 is 12.1 Å². The van der Waals surface area contributed by atoms with E-state index in [1.807, 2.05) is 6.08 Å². The number of allylic oxidation sites excluding steroid dienone is 5. The van der Waals surface area contributed by atoms with Gasteiger partial charge in [-0.05, 0) is 64.2 Å². The van der Waals surface area contributed by atoms with Crippen LogP contribution >= 0.6 is 0 Å². The van der Waals surface area contributed by atoms with Crippen LogP contribution in [0.4, 0.5) is 0 Å². The van der Waals surface area contributed by atoms with Crippen molar-refractivity contribution in [2.45, 2.75) is 398 Å². The molecule has 0 aliphatic carbocycles. The smallest absolute Gasteiger partial charge is 0.305 e. The molecule has 6 heteroatoms. The van der Waals surface area contributed by atoms with Gasteiger partial charge in [0.2, 0.25) is 5.91 Å². The molecule has 78 heavy (non-hydrogen) atoms. The number of hydrogen-bond acceptors (Lipinski definition) is 5. The fourth-order valence-electron chi connectivity index (χ4n) is 11.0. The highest BCUT2D eigenvalue weighted by Gasteiger charge is 2.18. The third-order valence-electron chi connectivity index (χ3n) is 16.4. The second kappa shape index (κ2) is 67.6. The lowest BCUT2D eigenvalue weighted by molar-refractivity contribution is -0.143. The monoisotopic (exact) mass is 1100 g/mol. The van der Waals surface area contributed by atoms with Crippen LogP contribution in [0, 0.1) is 0 Å². The fourth-order valence-corrected chi connectivity index (χ4v) is 11.0. The number of carbonyl (C=O) groups is 2. The van der Waals surface area contributed by atoms with Gasteiger partial charge >= 0.3 is 5.97 Å². The Kier molecular flexibility index (Phi) is 65.9. The highest BCUT2D eigenvalue weighted by molar-refractivity contribution is 5.76. The molecule has 2 atom stereocenters. The molecule has 0 aliphatic heterocycles. The highest BCUT2D eigenvalue weighted by Crippen LogP contribution is 2.18. The quantitative estimate of drug-likeness (QED) is 0.0320. The van der Waals surface area contributed by atoms with E-state index in [1.165, 1.54) is 315 Å². The van der Waals surface area contributed by atoms with Crippen molar-refractivity contribution in [2.24, 2.45) is 0 Å². The zero-order valence-corrected chi connectivity index (χ0v) is 52.7. The van der Waals surface area contributed by atoms with Crippen molar-refractivity contribution in [1.29, 1.82) is 0 Å². The summed E-state index contributed by atoms with van der Waals surface area (Å²) in [5, 5.41) is 23.1. The van der Waals surface area contributed by atoms with Gasteiger partial charge in [0.15, 0.2) is 0 Å². The van der Waals surface area contributed by atoms with Gasteiger partial charge in [0.25, 0.3) is 0 Å². The van der Waals surface area contributed by atoms with Gasteiger partial charge in [-0.3, -0.25) is 9.59 Å². The summed E-state index contributed by atoms with van der Waals surface area (Å²) < 4.78 is 5.50. The average Bonchev–Trinajstić information content (AvgIpc) is 3.44. The zero-order valence-electron chi connectivity index (χ0n) is 52.7. The van der Waals surface area contributed by atoms with Crippen LogP contribution in [0.15, 0.2) is 36.5 Å². The Bertz CT molecular complexity index is 1260. The molecule has 460 valence electrons. The molecule has 0 rings (SSSR count). The van der Waals surface area contributed by atoms with Gasteiger partial charge in [-0.2, -0.15) is 0 Å². The molecule has 3 N–H and O–H groups in total. The van der Waals surface area contributed by atoms with E-state index in [0.717, 1.165) is 44.9 Å². The van der Waals surface area contributed by atoms with Gasteiger partial charge in [-0.1, -0.05) is 346 Å². The normalized spacial score (nSPS) is 12.7. The zero-order chi connectivity index (χ0) is 56.4. The van der Waals surface area contributed by atoms with Gasteiger partial charge in [-0.25, -0.2) is 0 Å². The Morgan fingerprint density at radius 1 is 0.359 bits per heavy atom. The summed E-state index contributed by atoms with van der Waals surface area (Å²) in [6, 6.07) is -0.625. The molecule has 0 aromatic rings. The Hall–Kier alpha value is -1.92. The topological polar surface area (TPSA) is 95.9 Å². The van der Waals surface area contributed by atoms with E-state index in [9.17, 15) is 19.8 Å². The molecular weight excluding hydrogens is 959 g/mol. The summed E-state index contributed by atoms with van der Waals surface area (Å²) in [6.07, 6.45) is 86.6. The maximum absolute atomic E-state index is 12.5. The van der Waals surface area contributed by atoms with Crippen molar-refractivity contribution < 1.29 is 24.5 Å². The van der Waals surface area contributed by atoms with Crippen molar-refractivity contribution in [2.75, 3.05) is 13.2 Å². The minimum atomic E-state index is -0.842. The molecule has 0 saturated heterocycles. The SMILES string of the molecule is CCCCCCCCCCCC/C=C/C(O)C(CO)NC(=O)CCCCCCCCCCCCCCCCCCC/C=C\C/C=C\CCCCCCCCCCCOC(=O)CCCCCCCCCCCCCCCCCC. The predicted molar refractivity (Wildman–Crippen MR) is 343 cm³/mol. The number of hydrogen-bond donors (Lipinski definition) is 3. The standard InChI is InChI=1S/C72H137NO5/c1-3-5-7-9-11-13-15-17-18-39-42-46-50-54-58-62-66-72(77)78-67-63-59-55-51-47-43-40-37-35-33-31-29-27-25-23-21-19-20-22-24-26-28-30-32-34-36-38-41-45-49-53-57-61-65-71(76)73-69(68-74)70(75)64-60-56-52-48-44-16-14-12-10-8-6-4-2/h23,25,29,31,60,64,69-70,74-75H,3-22,24,26-28,30,32-59,61-63,65-68H2,1-2H3,(H,73,76)/b25-23-,31-29-,64-60+. The number of amides is 1. The molecule has 0 radical (unpaired) electrons. The molecular formula is C72H137NO5. The van der Waals surface area contributed by atoms with Crippen molar-refractivity contribution in [3.63, 3.8) is 0 Å². The first-order chi connectivity index (χ1) is 38.5. The van der Waals surface area contributed by atoms with Gasteiger partial charge < -0.3 is 20.3 Å². The predicted octanol–water partition coefficient (Wildman–Crippen LogP) is 22.7. The summed E-state index contributed by atoms with van der Waals surface area (Å²) >= 11 is 0. The number of esters is 1. The van der Waals surface area contributed by atoms with Crippen LogP contribution in [-0.2, 0) is 14.3 Å². The van der Waals surface area contributed by atoms with E-state index >= 15 is 0 Å². The first-order valence-corrected chi connectivity index (χ1v) is 35.3. The van der Waals surface area contributed by atoms with Crippen molar-refractivity contribution >= 4 is 11.9 Å². The number of nitrogens with one attached hydrogen (secondary N) is 1. The Morgan fingerprint density at radius 3 is 0.974 bits per heavy atom. The molecule has 6 nitrogen and oxygen atoms in total. The number of aliphatic hydroxyl groups excluding tert-OH is 2. The molecule has 0 aromatic heterocycles. The number of ether oxygens (including phenoxy) is 1. The average molecular weight is 1100 g/mol. The molecule has 0 saturated carbocycles. The van der Waals surface area contributed by atoms with E-state index in [4.69, 9.17) is 4.74 Å². The van der Waals surface area contributed by atoms with Gasteiger partial charge in [-0.15, -0.1) is 0 Å². The van der Waals surface area contributed by atoms with Crippen molar-refractivity contribution in [3.8, 4) is 0 Å². The molecule has 0 aromatic carbocycles. The van der Waals surface area contributed by atoms with E-state index in [2.05, 4.69) is 43.5 Å². The molecule has 1 amide bonds. The minimum Gasteiger partial charge on any atom is -0.466 e. The van der Waals surface area contributed by atoms with Crippen molar-refractivity contribution in [3.05, 3.63) is 36.5 Å². The van der Waals surface area contributed by atoms with Crippen LogP contribution < -0.4 is 5.32 Å². The summed E-state index contributed by atoms with van der Waals surface area (Å²) in [7, 11) is 0.